The third-order valence-electron chi connectivity index (χ3n) is 4.55. The number of nitrogens with one attached hydrogen (secondary N) is 1. The molecule has 0 aromatic carbocycles. The van der Waals surface area contributed by atoms with Crippen LogP contribution in [0.2, 0.25) is 0 Å². The average molecular weight is 223 g/mol. The van der Waals surface area contributed by atoms with Gasteiger partial charge in [0, 0.05) is 37.8 Å². The van der Waals surface area contributed by atoms with Crippen LogP contribution in [0.3, 0.4) is 0 Å². The molecule has 1 aliphatic carbocycles. The van der Waals surface area contributed by atoms with E-state index in [1.807, 2.05) is 0 Å². The summed E-state index contributed by atoms with van der Waals surface area (Å²) in [6.45, 7) is 8.80. The van der Waals surface area contributed by atoms with Gasteiger partial charge in [-0.25, -0.2) is 0 Å². The molecule has 16 heavy (non-hydrogen) atoms. The first kappa shape index (κ1) is 11.0. The molecule has 3 rings (SSSR count). The minimum Gasteiger partial charge on any atom is -0.317 e. The van der Waals surface area contributed by atoms with Crippen molar-refractivity contribution < 1.29 is 0 Å². The summed E-state index contributed by atoms with van der Waals surface area (Å²) in [6, 6.07) is 2.60. The SMILES string of the molecule is CC1CN(C2CCNCC2)CCN1C1CC1. The number of hydrogen-bond acceptors (Lipinski definition) is 3. The van der Waals surface area contributed by atoms with Crippen molar-refractivity contribution in [1.82, 2.24) is 15.1 Å². The lowest BCUT2D eigenvalue weighted by molar-refractivity contribution is 0.0410. The molecule has 0 amide bonds. The summed E-state index contributed by atoms with van der Waals surface area (Å²) in [5.74, 6) is 0. The van der Waals surface area contributed by atoms with Crippen LogP contribution in [0.25, 0.3) is 0 Å². The Balaban J connectivity index is 1.54. The third-order valence-corrected chi connectivity index (χ3v) is 4.55. The second-order valence-corrected chi connectivity index (χ2v) is 5.79. The highest BCUT2D eigenvalue weighted by Gasteiger charge is 2.36. The van der Waals surface area contributed by atoms with Crippen LogP contribution in [0.4, 0.5) is 0 Å². The van der Waals surface area contributed by atoms with Crippen LogP contribution in [0.15, 0.2) is 0 Å². The summed E-state index contributed by atoms with van der Waals surface area (Å²) < 4.78 is 0. The highest BCUT2D eigenvalue weighted by molar-refractivity contribution is 4.93. The van der Waals surface area contributed by atoms with E-state index in [0.29, 0.717) is 0 Å². The molecule has 1 saturated carbocycles. The zero-order chi connectivity index (χ0) is 11.0. The summed E-state index contributed by atoms with van der Waals surface area (Å²) in [6.07, 6.45) is 5.63. The first-order valence-corrected chi connectivity index (χ1v) is 7.05. The Morgan fingerprint density at radius 1 is 0.938 bits per heavy atom. The van der Waals surface area contributed by atoms with E-state index in [4.69, 9.17) is 0 Å². The lowest BCUT2D eigenvalue weighted by Crippen LogP contribution is -2.56. The predicted molar refractivity (Wildman–Crippen MR) is 66.7 cm³/mol. The van der Waals surface area contributed by atoms with Gasteiger partial charge in [0.2, 0.25) is 0 Å². The molecule has 3 nitrogen and oxygen atoms in total. The fourth-order valence-electron chi connectivity index (χ4n) is 3.45. The Kier molecular flexibility index (Phi) is 3.18. The molecule has 2 aliphatic heterocycles. The van der Waals surface area contributed by atoms with Crippen molar-refractivity contribution >= 4 is 0 Å². The van der Waals surface area contributed by atoms with E-state index < -0.39 is 0 Å². The van der Waals surface area contributed by atoms with Crippen LogP contribution < -0.4 is 5.32 Å². The normalized spacial score (nSPS) is 35.4. The quantitative estimate of drug-likeness (QED) is 0.750. The van der Waals surface area contributed by atoms with Gasteiger partial charge in [-0.05, 0) is 45.7 Å². The zero-order valence-electron chi connectivity index (χ0n) is 10.5. The summed E-state index contributed by atoms with van der Waals surface area (Å²) in [5.41, 5.74) is 0. The molecule has 92 valence electrons. The van der Waals surface area contributed by atoms with Crippen molar-refractivity contribution in [1.29, 1.82) is 0 Å². The lowest BCUT2D eigenvalue weighted by atomic mass is 10.0. The van der Waals surface area contributed by atoms with Crippen LogP contribution in [-0.4, -0.2) is 60.6 Å². The van der Waals surface area contributed by atoms with Crippen molar-refractivity contribution in [2.75, 3.05) is 32.7 Å². The monoisotopic (exact) mass is 223 g/mol. The second kappa shape index (κ2) is 4.63. The largest absolute Gasteiger partial charge is 0.317 e. The Labute approximate surface area is 99.2 Å². The molecular weight excluding hydrogens is 198 g/mol. The number of piperidine rings is 1. The highest BCUT2D eigenvalue weighted by atomic mass is 15.3. The van der Waals surface area contributed by atoms with Crippen molar-refractivity contribution in [3.05, 3.63) is 0 Å². The van der Waals surface area contributed by atoms with Crippen molar-refractivity contribution in [3.63, 3.8) is 0 Å². The average Bonchev–Trinajstić information content (AvgIpc) is 3.14. The van der Waals surface area contributed by atoms with E-state index in [0.717, 1.165) is 18.1 Å². The fourth-order valence-corrected chi connectivity index (χ4v) is 3.45. The molecule has 0 aromatic heterocycles. The summed E-state index contributed by atoms with van der Waals surface area (Å²) in [7, 11) is 0. The van der Waals surface area contributed by atoms with Gasteiger partial charge < -0.3 is 5.32 Å². The summed E-state index contributed by atoms with van der Waals surface area (Å²) in [4.78, 5) is 5.50. The van der Waals surface area contributed by atoms with Crippen LogP contribution in [0, 0.1) is 0 Å². The van der Waals surface area contributed by atoms with Gasteiger partial charge in [-0.3, -0.25) is 9.80 Å². The van der Waals surface area contributed by atoms with Crippen LogP contribution in [0.5, 0.6) is 0 Å². The minimum absolute atomic E-state index is 0.788. The first-order chi connectivity index (χ1) is 7.84. The van der Waals surface area contributed by atoms with Gasteiger partial charge in [0.25, 0.3) is 0 Å². The van der Waals surface area contributed by atoms with E-state index in [2.05, 4.69) is 22.0 Å². The minimum atomic E-state index is 0.788. The van der Waals surface area contributed by atoms with Crippen LogP contribution in [-0.2, 0) is 0 Å². The molecule has 0 bridgehead atoms. The standard InChI is InChI=1S/C13H25N3/c1-11-10-15(12-4-6-14-7-5-12)8-9-16(11)13-2-3-13/h11-14H,2-10H2,1H3. The van der Waals surface area contributed by atoms with Gasteiger partial charge in [-0.1, -0.05) is 0 Å². The Morgan fingerprint density at radius 2 is 1.69 bits per heavy atom. The molecule has 2 saturated heterocycles. The van der Waals surface area contributed by atoms with Crippen molar-refractivity contribution in [2.45, 2.75) is 50.7 Å². The molecular formula is C13H25N3. The maximum atomic E-state index is 3.46. The maximum absolute atomic E-state index is 3.46. The number of nitrogens with zero attached hydrogens (tertiary/aromatic N) is 2. The van der Waals surface area contributed by atoms with Gasteiger partial charge >= 0.3 is 0 Å². The molecule has 0 aromatic rings. The molecule has 2 heterocycles. The second-order valence-electron chi connectivity index (χ2n) is 5.79. The maximum Gasteiger partial charge on any atom is 0.0198 e. The van der Waals surface area contributed by atoms with Crippen LogP contribution in [0.1, 0.15) is 32.6 Å². The summed E-state index contributed by atoms with van der Waals surface area (Å²) >= 11 is 0. The fraction of sp³-hybridized carbons (Fsp3) is 1.00. The van der Waals surface area contributed by atoms with Gasteiger partial charge in [0.1, 0.15) is 0 Å². The van der Waals surface area contributed by atoms with E-state index in [-0.39, 0.29) is 0 Å². The summed E-state index contributed by atoms with van der Waals surface area (Å²) in [5, 5.41) is 3.46. The van der Waals surface area contributed by atoms with Gasteiger partial charge in [0.05, 0.1) is 0 Å². The van der Waals surface area contributed by atoms with E-state index in [9.17, 15) is 0 Å². The highest BCUT2D eigenvalue weighted by Crippen LogP contribution is 2.30. The molecule has 0 radical (unpaired) electrons. The Morgan fingerprint density at radius 3 is 2.31 bits per heavy atom. The zero-order valence-corrected chi connectivity index (χ0v) is 10.5. The Bertz CT molecular complexity index is 233. The molecule has 3 fully saturated rings. The molecule has 1 unspecified atom stereocenters. The van der Waals surface area contributed by atoms with Gasteiger partial charge in [-0.2, -0.15) is 0 Å². The van der Waals surface area contributed by atoms with Crippen molar-refractivity contribution in [3.8, 4) is 0 Å². The van der Waals surface area contributed by atoms with E-state index in [1.54, 1.807) is 0 Å². The molecule has 0 spiro atoms. The lowest BCUT2D eigenvalue weighted by Gasteiger charge is -2.44. The topological polar surface area (TPSA) is 18.5 Å². The number of rotatable bonds is 2. The third kappa shape index (κ3) is 2.27. The predicted octanol–water partition coefficient (Wildman–Crippen LogP) is 0.907. The van der Waals surface area contributed by atoms with Gasteiger partial charge in [-0.15, -0.1) is 0 Å². The molecule has 1 N–H and O–H groups in total. The van der Waals surface area contributed by atoms with Gasteiger partial charge in [0.15, 0.2) is 0 Å². The molecule has 1 atom stereocenters. The van der Waals surface area contributed by atoms with Crippen LogP contribution >= 0.6 is 0 Å². The first-order valence-electron chi connectivity index (χ1n) is 7.05. The van der Waals surface area contributed by atoms with E-state index in [1.165, 1.54) is 58.4 Å². The van der Waals surface area contributed by atoms with E-state index >= 15 is 0 Å². The van der Waals surface area contributed by atoms with Crippen molar-refractivity contribution in [2.24, 2.45) is 0 Å². The Hall–Kier alpha value is -0.120. The number of hydrogen-bond donors (Lipinski definition) is 1. The molecule has 3 aliphatic rings. The molecule has 3 heteroatoms. The smallest absolute Gasteiger partial charge is 0.0198 e. The number of piperazine rings is 1.